The summed E-state index contributed by atoms with van der Waals surface area (Å²) in [5.41, 5.74) is 1.72. The smallest absolute Gasteiger partial charge is 0.233 e. The summed E-state index contributed by atoms with van der Waals surface area (Å²) in [7, 11) is -1.67. The Balaban J connectivity index is 2.21. The highest BCUT2D eigenvalue weighted by Gasteiger charge is 2.27. The Morgan fingerprint density at radius 2 is 2.11 bits per heavy atom. The molecule has 0 radical (unpaired) electrons. The lowest BCUT2D eigenvalue weighted by molar-refractivity contribution is 0.415. The number of fused-ring (bicyclic) bond motifs is 2. The van der Waals surface area contributed by atoms with Crippen molar-refractivity contribution < 1.29 is 13.2 Å². The van der Waals surface area contributed by atoms with Crippen molar-refractivity contribution in [3.05, 3.63) is 29.8 Å². The number of methoxy groups -OCH3 is 1. The first-order chi connectivity index (χ1) is 8.99. The van der Waals surface area contributed by atoms with Crippen LogP contribution in [0.2, 0.25) is 0 Å². The summed E-state index contributed by atoms with van der Waals surface area (Å²) >= 11 is 0. The average Bonchev–Trinajstić information content (AvgIpc) is 2.77. The fourth-order valence-corrected chi connectivity index (χ4v) is 3.25. The molecule has 100 valence electrons. The highest BCUT2D eigenvalue weighted by molar-refractivity contribution is 7.92. The molecule has 3 rings (SSSR count). The van der Waals surface area contributed by atoms with Crippen molar-refractivity contribution in [2.45, 2.75) is 6.42 Å². The number of ether oxygens (including phenoxy) is 1. The number of aromatic nitrogens is 1. The molecule has 0 aliphatic carbocycles. The van der Waals surface area contributed by atoms with Crippen LogP contribution in [0.1, 0.15) is 5.56 Å². The molecule has 0 saturated carbocycles. The van der Waals surface area contributed by atoms with Crippen LogP contribution in [0, 0.1) is 0 Å². The molecule has 6 heteroatoms. The lowest BCUT2D eigenvalue weighted by atomic mass is 10.1. The van der Waals surface area contributed by atoms with Gasteiger partial charge in [-0.25, -0.2) is 13.4 Å². The van der Waals surface area contributed by atoms with Crippen molar-refractivity contribution in [3.63, 3.8) is 0 Å². The largest absolute Gasteiger partial charge is 0.497 e. The molecule has 1 aromatic heterocycles. The van der Waals surface area contributed by atoms with Gasteiger partial charge in [-0.3, -0.25) is 4.31 Å². The minimum atomic E-state index is -3.26. The van der Waals surface area contributed by atoms with Gasteiger partial charge in [-0.1, -0.05) is 0 Å². The minimum Gasteiger partial charge on any atom is -0.497 e. The van der Waals surface area contributed by atoms with E-state index in [1.807, 2.05) is 24.3 Å². The first-order valence-corrected chi connectivity index (χ1v) is 7.79. The number of hydrogen-bond acceptors (Lipinski definition) is 4. The van der Waals surface area contributed by atoms with Crippen LogP contribution in [0.25, 0.3) is 10.9 Å². The Labute approximate surface area is 111 Å². The summed E-state index contributed by atoms with van der Waals surface area (Å²) in [6.07, 6.45) is 1.91. The van der Waals surface area contributed by atoms with Crippen LogP contribution in [0.4, 0.5) is 5.82 Å². The fraction of sp³-hybridized carbons (Fsp3) is 0.308. The topological polar surface area (TPSA) is 59.5 Å². The summed E-state index contributed by atoms with van der Waals surface area (Å²) in [5.74, 6) is 1.26. The summed E-state index contributed by atoms with van der Waals surface area (Å²) in [4.78, 5) is 4.48. The summed E-state index contributed by atoms with van der Waals surface area (Å²) in [5, 5.41) is 0.995. The van der Waals surface area contributed by atoms with Crippen LogP contribution in [0.5, 0.6) is 5.75 Å². The third-order valence-electron chi connectivity index (χ3n) is 3.30. The Kier molecular flexibility index (Phi) is 2.63. The predicted molar refractivity (Wildman–Crippen MR) is 74.2 cm³/mol. The number of benzene rings is 1. The van der Waals surface area contributed by atoms with Gasteiger partial charge < -0.3 is 4.74 Å². The van der Waals surface area contributed by atoms with Crippen molar-refractivity contribution >= 4 is 26.7 Å². The van der Waals surface area contributed by atoms with E-state index in [4.69, 9.17) is 4.74 Å². The first-order valence-electron chi connectivity index (χ1n) is 5.94. The van der Waals surface area contributed by atoms with Crippen molar-refractivity contribution in [3.8, 4) is 5.75 Å². The maximum atomic E-state index is 11.7. The van der Waals surface area contributed by atoms with Gasteiger partial charge in [-0.05, 0) is 30.2 Å². The second-order valence-electron chi connectivity index (χ2n) is 4.61. The normalized spacial score (nSPS) is 14.7. The van der Waals surface area contributed by atoms with E-state index in [1.54, 1.807) is 7.11 Å². The van der Waals surface area contributed by atoms with Gasteiger partial charge in [-0.2, -0.15) is 0 Å². The molecule has 0 N–H and O–H groups in total. The molecule has 0 fully saturated rings. The van der Waals surface area contributed by atoms with E-state index in [-0.39, 0.29) is 0 Å². The molecule has 2 aromatic rings. The number of nitrogens with zero attached hydrogens (tertiary/aromatic N) is 2. The minimum absolute atomic E-state index is 0.467. The molecular weight excluding hydrogens is 264 g/mol. The van der Waals surface area contributed by atoms with Crippen LogP contribution < -0.4 is 9.04 Å². The van der Waals surface area contributed by atoms with Crippen molar-refractivity contribution in [2.24, 2.45) is 0 Å². The zero-order chi connectivity index (χ0) is 13.6. The van der Waals surface area contributed by atoms with Gasteiger partial charge in [0, 0.05) is 18.0 Å². The van der Waals surface area contributed by atoms with Crippen LogP contribution in [0.3, 0.4) is 0 Å². The molecular formula is C13H14N2O3S. The van der Waals surface area contributed by atoms with Crippen LogP contribution in [-0.4, -0.2) is 33.3 Å². The van der Waals surface area contributed by atoms with Gasteiger partial charge in [0.2, 0.25) is 10.0 Å². The van der Waals surface area contributed by atoms with Gasteiger partial charge in [0.05, 0.1) is 18.9 Å². The van der Waals surface area contributed by atoms with E-state index < -0.39 is 10.0 Å². The molecule has 1 aliphatic heterocycles. The Morgan fingerprint density at radius 3 is 2.79 bits per heavy atom. The van der Waals surface area contributed by atoms with E-state index >= 15 is 0 Å². The maximum absolute atomic E-state index is 11.7. The molecule has 1 aliphatic rings. The van der Waals surface area contributed by atoms with E-state index in [9.17, 15) is 8.42 Å². The van der Waals surface area contributed by atoms with Gasteiger partial charge in [0.15, 0.2) is 0 Å². The molecule has 2 heterocycles. The number of hydrogen-bond donors (Lipinski definition) is 0. The average molecular weight is 278 g/mol. The first kappa shape index (κ1) is 12.2. The highest BCUT2D eigenvalue weighted by atomic mass is 32.2. The van der Waals surface area contributed by atoms with Crippen molar-refractivity contribution in [2.75, 3.05) is 24.2 Å². The standard InChI is InChI=1S/C13H14N2O3S/c1-18-11-4-3-9-7-10-5-6-15(19(2,16)17)13(10)14-12(9)8-11/h3-4,7-8H,5-6H2,1-2H3. The van der Waals surface area contributed by atoms with Crippen molar-refractivity contribution in [1.29, 1.82) is 0 Å². The maximum Gasteiger partial charge on any atom is 0.233 e. The molecule has 1 aromatic carbocycles. The molecule has 19 heavy (non-hydrogen) atoms. The Bertz CT molecular complexity index is 756. The summed E-state index contributed by atoms with van der Waals surface area (Å²) < 4.78 is 30.0. The molecule has 0 amide bonds. The molecule has 0 atom stereocenters. The summed E-state index contributed by atoms with van der Waals surface area (Å²) in [6.45, 7) is 0.467. The quantitative estimate of drug-likeness (QED) is 0.836. The third kappa shape index (κ3) is 2.02. The van der Waals surface area contributed by atoms with E-state index in [2.05, 4.69) is 4.98 Å². The van der Waals surface area contributed by atoms with Gasteiger partial charge in [-0.15, -0.1) is 0 Å². The van der Waals surface area contributed by atoms with Crippen LogP contribution >= 0.6 is 0 Å². The van der Waals surface area contributed by atoms with Crippen molar-refractivity contribution in [1.82, 2.24) is 4.98 Å². The van der Waals surface area contributed by atoms with E-state index in [1.165, 1.54) is 10.6 Å². The number of anilines is 1. The van der Waals surface area contributed by atoms with E-state index in [0.717, 1.165) is 16.5 Å². The monoisotopic (exact) mass is 278 g/mol. The zero-order valence-corrected chi connectivity index (χ0v) is 11.6. The Hall–Kier alpha value is -1.82. The fourth-order valence-electron chi connectivity index (χ4n) is 2.36. The number of pyridine rings is 1. The van der Waals surface area contributed by atoms with Gasteiger partial charge in [0.25, 0.3) is 0 Å². The predicted octanol–water partition coefficient (Wildman–Crippen LogP) is 1.57. The lowest BCUT2D eigenvalue weighted by Crippen LogP contribution is -2.28. The molecule has 0 bridgehead atoms. The molecule has 5 nitrogen and oxygen atoms in total. The molecule has 0 spiro atoms. The van der Waals surface area contributed by atoms with E-state index in [0.29, 0.717) is 24.5 Å². The van der Waals surface area contributed by atoms with Gasteiger partial charge >= 0.3 is 0 Å². The number of rotatable bonds is 2. The SMILES string of the molecule is COc1ccc2cc3c(nc2c1)N(S(C)(=O)=O)CC3. The molecule has 0 unspecified atom stereocenters. The molecule has 0 saturated heterocycles. The number of sulfonamides is 1. The summed E-state index contributed by atoms with van der Waals surface area (Å²) in [6, 6.07) is 7.63. The van der Waals surface area contributed by atoms with Crippen LogP contribution in [0.15, 0.2) is 24.3 Å². The second-order valence-corrected chi connectivity index (χ2v) is 6.52. The van der Waals surface area contributed by atoms with Gasteiger partial charge in [0.1, 0.15) is 11.6 Å². The lowest BCUT2D eigenvalue weighted by Gasteiger charge is -2.15. The highest BCUT2D eigenvalue weighted by Crippen LogP contribution is 2.32. The second kappa shape index (κ2) is 4.09. The van der Waals surface area contributed by atoms with Crippen LogP contribution in [-0.2, 0) is 16.4 Å². The zero-order valence-electron chi connectivity index (χ0n) is 10.8. The Morgan fingerprint density at radius 1 is 1.32 bits per heavy atom. The third-order valence-corrected chi connectivity index (χ3v) is 4.46.